The van der Waals surface area contributed by atoms with Crippen molar-refractivity contribution in [3.63, 3.8) is 0 Å². The summed E-state index contributed by atoms with van der Waals surface area (Å²) in [4.78, 5) is 10.7. The third kappa shape index (κ3) is 2.42. The number of ether oxygens (including phenoxy) is 1. The largest absolute Gasteiger partial charge is 0.427 e. The number of carbonyl (C=O) groups is 1. The summed E-state index contributed by atoms with van der Waals surface area (Å²) >= 11 is 0. The summed E-state index contributed by atoms with van der Waals surface area (Å²) in [5.41, 5.74) is 0. The minimum Gasteiger partial charge on any atom is -0.427 e. The third-order valence-electron chi connectivity index (χ3n) is 1.20. The van der Waals surface area contributed by atoms with E-state index in [1.54, 1.807) is 31.2 Å². The minimum absolute atomic E-state index is 0.218. The second kappa shape index (κ2) is 3.76. The van der Waals surface area contributed by atoms with Crippen LogP contribution in [0.4, 0.5) is 0 Å². The molecule has 1 rings (SSSR count). The van der Waals surface area contributed by atoms with Crippen LogP contribution in [0, 0.1) is 6.07 Å². The van der Waals surface area contributed by atoms with Gasteiger partial charge < -0.3 is 4.74 Å². The van der Waals surface area contributed by atoms with Crippen molar-refractivity contribution < 1.29 is 9.53 Å². The molecule has 1 aromatic carbocycles. The Kier molecular flexibility index (Phi) is 2.66. The van der Waals surface area contributed by atoms with E-state index in [0.717, 1.165) is 0 Å². The van der Waals surface area contributed by atoms with Crippen LogP contribution in [0.2, 0.25) is 0 Å². The van der Waals surface area contributed by atoms with Crippen LogP contribution >= 0.6 is 0 Å². The van der Waals surface area contributed by atoms with Crippen LogP contribution < -0.4 is 4.74 Å². The monoisotopic (exact) mass is 149 g/mol. The molecule has 0 N–H and O–H groups in total. The lowest BCUT2D eigenvalue weighted by molar-refractivity contribution is -0.134. The van der Waals surface area contributed by atoms with Crippen molar-refractivity contribution in [1.82, 2.24) is 0 Å². The molecular weight excluding hydrogens is 140 g/mol. The summed E-state index contributed by atoms with van der Waals surface area (Å²) in [7, 11) is 0. The molecule has 0 aromatic heterocycles. The highest BCUT2D eigenvalue weighted by molar-refractivity contribution is 5.71. The van der Waals surface area contributed by atoms with Crippen molar-refractivity contribution in [2.45, 2.75) is 13.3 Å². The zero-order valence-electron chi connectivity index (χ0n) is 6.33. The Morgan fingerprint density at radius 1 is 1.73 bits per heavy atom. The number of hydrogen-bond acceptors (Lipinski definition) is 2. The fraction of sp³-hybridized carbons (Fsp3) is 0.222. The van der Waals surface area contributed by atoms with E-state index in [2.05, 4.69) is 6.07 Å². The van der Waals surface area contributed by atoms with E-state index in [0.29, 0.717) is 12.2 Å². The van der Waals surface area contributed by atoms with Gasteiger partial charge in [-0.3, -0.25) is 4.79 Å². The maximum Gasteiger partial charge on any atom is 0.310 e. The van der Waals surface area contributed by atoms with Gasteiger partial charge in [-0.25, -0.2) is 0 Å². The van der Waals surface area contributed by atoms with Crippen molar-refractivity contribution in [3.05, 3.63) is 30.3 Å². The van der Waals surface area contributed by atoms with Gasteiger partial charge in [0.05, 0.1) is 0 Å². The molecule has 0 aliphatic rings. The lowest BCUT2D eigenvalue weighted by Gasteiger charge is -1.99. The van der Waals surface area contributed by atoms with Gasteiger partial charge in [-0.15, -0.1) is 0 Å². The van der Waals surface area contributed by atoms with Crippen LogP contribution in [0.3, 0.4) is 0 Å². The average molecular weight is 149 g/mol. The van der Waals surface area contributed by atoms with Gasteiger partial charge in [0.25, 0.3) is 0 Å². The van der Waals surface area contributed by atoms with Gasteiger partial charge in [-0.2, -0.15) is 0 Å². The van der Waals surface area contributed by atoms with Gasteiger partial charge in [0.1, 0.15) is 5.75 Å². The molecule has 0 atom stereocenters. The molecule has 0 bridgehead atoms. The second-order valence-corrected chi connectivity index (χ2v) is 2.07. The Morgan fingerprint density at radius 3 is 3.09 bits per heavy atom. The second-order valence-electron chi connectivity index (χ2n) is 2.07. The quantitative estimate of drug-likeness (QED) is 0.473. The summed E-state index contributed by atoms with van der Waals surface area (Å²) in [6, 6.07) is 9.70. The summed E-state index contributed by atoms with van der Waals surface area (Å²) in [6.07, 6.45) is 0.398. The van der Waals surface area contributed by atoms with E-state index in [-0.39, 0.29) is 5.97 Å². The van der Waals surface area contributed by atoms with E-state index >= 15 is 0 Å². The number of carbonyl (C=O) groups excluding carboxylic acids is 1. The van der Waals surface area contributed by atoms with Crippen molar-refractivity contribution >= 4 is 5.97 Å². The van der Waals surface area contributed by atoms with Crippen molar-refractivity contribution in [3.8, 4) is 5.75 Å². The highest BCUT2D eigenvalue weighted by atomic mass is 16.5. The Labute approximate surface area is 65.8 Å². The molecule has 1 radical (unpaired) electrons. The molecule has 0 aliphatic carbocycles. The van der Waals surface area contributed by atoms with Gasteiger partial charge in [0, 0.05) is 6.42 Å². The van der Waals surface area contributed by atoms with Crippen LogP contribution in [0.25, 0.3) is 0 Å². The number of rotatable bonds is 2. The van der Waals surface area contributed by atoms with Gasteiger partial charge >= 0.3 is 5.97 Å². The lowest BCUT2D eigenvalue weighted by atomic mass is 10.3. The number of hydrogen-bond donors (Lipinski definition) is 0. The summed E-state index contributed by atoms with van der Waals surface area (Å²) in [6.45, 7) is 1.76. The maximum absolute atomic E-state index is 10.7. The fourth-order valence-corrected chi connectivity index (χ4v) is 0.644. The summed E-state index contributed by atoms with van der Waals surface area (Å²) in [5.74, 6) is 0.337. The molecule has 1 aromatic rings. The number of esters is 1. The molecule has 2 nitrogen and oxygen atoms in total. The van der Waals surface area contributed by atoms with Crippen LogP contribution in [0.15, 0.2) is 24.3 Å². The number of benzene rings is 1. The lowest BCUT2D eigenvalue weighted by Crippen LogP contribution is -2.04. The van der Waals surface area contributed by atoms with Gasteiger partial charge in [0.2, 0.25) is 0 Å². The highest BCUT2D eigenvalue weighted by Gasteiger charge is 1.98. The van der Waals surface area contributed by atoms with Crippen LogP contribution in [-0.4, -0.2) is 5.97 Å². The van der Waals surface area contributed by atoms with E-state index in [4.69, 9.17) is 4.74 Å². The third-order valence-corrected chi connectivity index (χ3v) is 1.20. The van der Waals surface area contributed by atoms with Crippen LogP contribution in [0.5, 0.6) is 5.75 Å². The topological polar surface area (TPSA) is 26.3 Å². The van der Waals surface area contributed by atoms with Crippen molar-refractivity contribution in [2.75, 3.05) is 0 Å². The van der Waals surface area contributed by atoms with E-state index < -0.39 is 0 Å². The summed E-state index contributed by atoms with van der Waals surface area (Å²) in [5, 5.41) is 0. The van der Waals surface area contributed by atoms with Crippen LogP contribution in [-0.2, 0) is 4.79 Å². The molecule has 0 spiro atoms. The molecule has 0 amide bonds. The molecule has 0 fully saturated rings. The zero-order valence-corrected chi connectivity index (χ0v) is 6.33. The van der Waals surface area contributed by atoms with Crippen molar-refractivity contribution in [1.29, 1.82) is 0 Å². The van der Waals surface area contributed by atoms with Gasteiger partial charge in [-0.1, -0.05) is 19.1 Å². The van der Waals surface area contributed by atoms with Gasteiger partial charge in [0.15, 0.2) is 0 Å². The molecular formula is C9H9O2. The zero-order chi connectivity index (χ0) is 8.10. The average Bonchev–Trinajstić information content (AvgIpc) is 2.06. The molecule has 0 heterocycles. The smallest absolute Gasteiger partial charge is 0.310 e. The maximum atomic E-state index is 10.7. The molecule has 0 saturated heterocycles. The molecule has 0 aliphatic heterocycles. The standard InChI is InChI=1S/C9H9O2/c1-2-9(10)11-8-6-4-3-5-7-8/h3-4,6-7H,2H2,1H3. The first kappa shape index (κ1) is 7.79. The van der Waals surface area contributed by atoms with E-state index in [1.807, 2.05) is 0 Å². The Morgan fingerprint density at radius 2 is 2.55 bits per heavy atom. The predicted octanol–water partition coefficient (Wildman–Crippen LogP) is 1.80. The Balaban J connectivity index is 2.58. The molecule has 0 saturated carbocycles. The molecule has 0 unspecified atom stereocenters. The Bertz CT molecular complexity index is 229. The van der Waals surface area contributed by atoms with E-state index in [9.17, 15) is 4.79 Å². The first-order valence-corrected chi connectivity index (χ1v) is 3.49. The highest BCUT2D eigenvalue weighted by Crippen LogP contribution is 2.08. The van der Waals surface area contributed by atoms with Gasteiger partial charge in [-0.05, 0) is 18.2 Å². The SMILES string of the molecule is CCC(=O)Oc1c[c]ccc1. The predicted molar refractivity (Wildman–Crippen MR) is 41.2 cm³/mol. The molecule has 57 valence electrons. The molecule has 2 heteroatoms. The van der Waals surface area contributed by atoms with Crippen LogP contribution in [0.1, 0.15) is 13.3 Å². The van der Waals surface area contributed by atoms with Crippen molar-refractivity contribution in [2.24, 2.45) is 0 Å². The molecule has 11 heavy (non-hydrogen) atoms. The first-order chi connectivity index (χ1) is 5.33. The Hall–Kier alpha value is -1.31. The minimum atomic E-state index is -0.218. The first-order valence-electron chi connectivity index (χ1n) is 3.49. The summed E-state index contributed by atoms with van der Waals surface area (Å²) < 4.78 is 4.89. The fourth-order valence-electron chi connectivity index (χ4n) is 0.644. The normalized spacial score (nSPS) is 9.18. The van der Waals surface area contributed by atoms with E-state index in [1.165, 1.54) is 0 Å².